The summed E-state index contributed by atoms with van der Waals surface area (Å²) in [5.41, 5.74) is -0.518. The van der Waals surface area contributed by atoms with Crippen molar-refractivity contribution in [3.8, 4) is 0 Å². The Hall–Kier alpha value is 1.02. The SMILES string of the molecule is CCC(C)(CC)C(=O)OCCCS(=O)(=O)[O-].[K+]. The topological polar surface area (TPSA) is 83.5 Å². The fourth-order valence-corrected chi connectivity index (χ4v) is 1.58. The van der Waals surface area contributed by atoms with E-state index in [1.807, 2.05) is 13.8 Å². The first-order chi connectivity index (χ1) is 7.25. The summed E-state index contributed by atoms with van der Waals surface area (Å²) in [6.07, 6.45) is 1.39. The van der Waals surface area contributed by atoms with Crippen LogP contribution in [0.4, 0.5) is 0 Å². The van der Waals surface area contributed by atoms with Gasteiger partial charge in [-0.25, -0.2) is 8.42 Å². The molecule has 0 aliphatic heterocycles. The number of rotatable bonds is 7. The maximum Gasteiger partial charge on any atom is 1.00 e. The summed E-state index contributed by atoms with van der Waals surface area (Å²) < 4.78 is 35.8. The van der Waals surface area contributed by atoms with Gasteiger partial charge in [0, 0.05) is 5.75 Å². The van der Waals surface area contributed by atoms with Gasteiger partial charge in [-0.05, 0) is 26.2 Å². The maximum atomic E-state index is 11.6. The minimum Gasteiger partial charge on any atom is -0.748 e. The van der Waals surface area contributed by atoms with Crippen LogP contribution in [0.25, 0.3) is 0 Å². The molecule has 17 heavy (non-hydrogen) atoms. The molecule has 0 rings (SSSR count). The summed E-state index contributed by atoms with van der Waals surface area (Å²) in [4.78, 5) is 11.6. The van der Waals surface area contributed by atoms with Crippen LogP contribution >= 0.6 is 0 Å². The smallest absolute Gasteiger partial charge is 0.748 e. The van der Waals surface area contributed by atoms with Crippen LogP contribution in [0.1, 0.15) is 40.0 Å². The van der Waals surface area contributed by atoms with Gasteiger partial charge >= 0.3 is 57.4 Å². The minimum atomic E-state index is -4.21. The van der Waals surface area contributed by atoms with E-state index >= 15 is 0 Å². The molecule has 0 saturated heterocycles. The van der Waals surface area contributed by atoms with Gasteiger partial charge in [-0.3, -0.25) is 4.79 Å². The van der Waals surface area contributed by atoms with Crippen molar-refractivity contribution in [3.05, 3.63) is 0 Å². The molecule has 0 fully saturated rings. The van der Waals surface area contributed by atoms with Crippen LogP contribution < -0.4 is 51.4 Å². The van der Waals surface area contributed by atoms with E-state index in [0.717, 1.165) is 0 Å². The first-order valence-corrected chi connectivity index (χ1v) is 6.93. The van der Waals surface area contributed by atoms with Gasteiger partial charge in [0.05, 0.1) is 22.1 Å². The van der Waals surface area contributed by atoms with Gasteiger partial charge in [0.15, 0.2) is 0 Å². The van der Waals surface area contributed by atoms with E-state index in [1.165, 1.54) is 0 Å². The molecule has 0 saturated carbocycles. The van der Waals surface area contributed by atoms with Gasteiger partial charge in [-0.1, -0.05) is 13.8 Å². The summed E-state index contributed by atoms with van der Waals surface area (Å²) in [6.45, 7) is 5.58. The van der Waals surface area contributed by atoms with Gasteiger partial charge in [0.1, 0.15) is 0 Å². The van der Waals surface area contributed by atoms with Crippen LogP contribution in [0, 0.1) is 5.41 Å². The van der Waals surface area contributed by atoms with Crippen molar-refractivity contribution in [3.63, 3.8) is 0 Å². The number of hydrogen-bond acceptors (Lipinski definition) is 5. The zero-order valence-corrected chi connectivity index (χ0v) is 14.9. The van der Waals surface area contributed by atoms with Gasteiger partial charge in [0.2, 0.25) is 0 Å². The number of ether oxygens (including phenoxy) is 1. The van der Waals surface area contributed by atoms with Crippen LogP contribution in [-0.2, 0) is 19.6 Å². The van der Waals surface area contributed by atoms with Crippen LogP contribution in [0.5, 0.6) is 0 Å². The number of esters is 1. The molecule has 0 aromatic carbocycles. The molecule has 0 atom stereocenters. The molecule has 0 N–H and O–H groups in total. The minimum absolute atomic E-state index is 0. The number of carbonyl (C=O) groups is 1. The largest absolute Gasteiger partial charge is 1.00 e. The predicted octanol–water partition coefficient (Wildman–Crippen LogP) is -1.70. The molecule has 0 radical (unpaired) electrons. The Balaban J connectivity index is 0. The Morgan fingerprint density at radius 1 is 1.29 bits per heavy atom. The molecule has 0 amide bonds. The van der Waals surface area contributed by atoms with Crippen molar-refractivity contribution >= 4 is 16.1 Å². The van der Waals surface area contributed by atoms with Crippen molar-refractivity contribution in [1.29, 1.82) is 0 Å². The van der Waals surface area contributed by atoms with E-state index in [1.54, 1.807) is 6.92 Å². The van der Waals surface area contributed by atoms with Crippen LogP contribution in [0.3, 0.4) is 0 Å². The van der Waals surface area contributed by atoms with Gasteiger partial charge in [-0.2, -0.15) is 0 Å². The standard InChI is InChI=1S/C10H20O5S.K/c1-4-10(3,5-2)9(11)15-7-6-8-16(12,13)14;/h4-8H2,1-3H3,(H,12,13,14);/q;+1/p-1. The van der Waals surface area contributed by atoms with E-state index < -0.39 is 21.3 Å². The molecular weight excluding hydrogens is 271 g/mol. The van der Waals surface area contributed by atoms with Crippen LogP contribution in [0.2, 0.25) is 0 Å². The fourth-order valence-electron chi connectivity index (χ4n) is 1.11. The van der Waals surface area contributed by atoms with E-state index in [2.05, 4.69) is 0 Å². The Morgan fingerprint density at radius 2 is 1.76 bits per heavy atom. The van der Waals surface area contributed by atoms with E-state index in [0.29, 0.717) is 12.8 Å². The van der Waals surface area contributed by atoms with Gasteiger partial charge in [-0.15, -0.1) is 0 Å². The molecule has 0 aromatic rings. The molecule has 0 unspecified atom stereocenters. The molecule has 5 nitrogen and oxygen atoms in total. The third-order valence-electron chi connectivity index (χ3n) is 2.83. The van der Waals surface area contributed by atoms with Crippen molar-refractivity contribution in [1.82, 2.24) is 0 Å². The van der Waals surface area contributed by atoms with Crippen LogP contribution in [-0.4, -0.2) is 31.3 Å². The molecule has 0 aromatic heterocycles. The summed E-state index contributed by atoms with van der Waals surface area (Å²) in [6, 6.07) is 0. The third-order valence-corrected chi connectivity index (χ3v) is 3.61. The molecular formula is C10H19KO5S. The van der Waals surface area contributed by atoms with E-state index in [-0.39, 0.29) is 70.4 Å². The molecule has 96 valence electrons. The van der Waals surface area contributed by atoms with Gasteiger partial charge < -0.3 is 9.29 Å². The Labute approximate surface area is 146 Å². The summed E-state index contributed by atoms with van der Waals surface area (Å²) in [5, 5.41) is 0. The van der Waals surface area contributed by atoms with Crippen molar-refractivity contribution in [2.45, 2.75) is 40.0 Å². The zero-order valence-electron chi connectivity index (χ0n) is 11.0. The number of hydrogen-bond donors (Lipinski definition) is 0. The molecule has 0 bridgehead atoms. The Bertz CT molecular complexity index is 322. The molecule has 7 heteroatoms. The summed E-state index contributed by atoms with van der Waals surface area (Å²) in [7, 11) is -4.21. The normalized spacial score (nSPS) is 11.8. The monoisotopic (exact) mass is 290 g/mol. The second kappa shape index (κ2) is 9.01. The molecule has 0 heterocycles. The molecule has 0 aliphatic rings. The Kier molecular flexibility index (Phi) is 10.8. The number of carbonyl (C=O) groups excluding carboxylic acids is 1. The molecule has 0 aliphatic carbocycles. The quantitative estimate of drug-likeness (QED) is 0.241. The Morgan fingerprint density at radius 3 is 2.12 bits per heavy atom. The zero-order chi connectivity index (χ0) is 12.8. The molecule has 0 spiro atoms. The van der Waals surface area contributed by atoms with E-state index in [4.69, 9.17) is 4.74 Å². The van der Waals surface area contributed by atoms with Crippen molar-refractivity contribution < 1.29 is 73.9 Å². The van der Waals surface area contributed by atoms with Crippen molar-refractivity contribution in [2.24, 2.45) is 5.41 Å². The van der Waals surface area contributed by atoms with Gasteiger partial charge in [0.25, 0.3) is 0 Å². The summed E-state index contributed by atoms with van der Waals surface area (Å²) in [5.74, 6) is -0.823. The second-order valence-corrected chi connectivity index (χ2v) is 5.54. The van der Waals surface area contributed by atoms with E-state index in [9.17, 15) is 17.8 Å². The third kappa shape index (κ3) is 8.69. The second-order valence-electron chi connectivity index (χ2n) is 4.02. The predicted molar refractivity (Wildman–Crippen MR) is 58.8 cm³/mol. The average Bonchev–Trinajstić information content (AvgIpc) is 2.21. The maximum absolute atomic E-state index is 11.6. The van der Waals surface area contributed by atoms with Crippen LogP contribution in [0.15, 0.2) is 0 Å². The average molecular weight is 290 g/mol. The summed E-state index contributed by atoms with van der Waals surface area (Å²) >= 11 is 0. The first-order valence-electron chi connectivity index (χ1n) is 5.36. The first kappa shape index (κ1) is 20.3. The van der Waals surface area contributed by atoms with Crippen molar-refractivity contribution in [2.75, 3.05) is 12.4 Å². The fraction of sp³-hybridized carbons (Fsp3) is 0.900.